The minimum Gasteiger partial charge on any atom is -0.396 e. The van der Waals surface area contributed by atoms with Crippen molar-refractivity contribution < 1.29 is 5.11 Å². The third-order valence-electron chi connectivity index (χ3n) is 10.4. The van der Waals surface area contributed by atoms with Crippen LogP contribution in [0.2, 0.25) is 0 Å². The Morgan fingerprint density at radius 1 is 1.00 bits per heavy atom. The van der Waals surface area contributed by atoms with Gasteiger partial charge in [-0.05, 0) is 91.3 Å². The van der Waals surface area contributed by atoms with Gasteiger partial charge in [0.2, 0.25) is 0 Å². The summed E-state index contributed by atoms with van der Waals surface area (Å²) in [5.41, 5.74) is 2.64. The summed E-state index contributed by atoms with van der Waals surface area (Å²) < 4.78 is 0. The lowest BCUT2D eigenvalue weighted by atomic mass is 9.49. The standard InChI is InChI=1S/C27H46O/c1-18(2)7-6-8-19(3)22-11-12-24-21-9-10-23-20(17-28)13-15-27(23,5)25(21)14-16-26(22,24)4/h10,18-22,24-25,28H,6-9,11-17H2,1-5H3. The monoisotopic (exact) mass is 386 g/mol. The van der Waals surface area contributed by atoms with Crippen LogP contribution in [0.3, 0.4) is 0 Å². The van der Waals surface area contributed by atoms with Crippen LogP contribution in [-0.4, -0.2) is 11.7 Å². The summed E-state index contributed by atoms with van der Waals surface area (Å²) in [4.78, 5) is 0. The van der Waals surface area contributed by atoms with Crippen molar-refractivity contribution in [2.75, 3.05) is 6.61 Å². The largest absolute Gasteiger partial charge is 0.396 e. The molecule has 0 radical (unpaired) electrons. The van der Waals surface area contributed by atoms with Gasteiger partial charge in [-0.15, -0.1) is 0 Å². The predicted octanol–water partition coefficient (Wildman–Crippen LogP) is 7.25. The number of aliphatic hydroxyl groups excluding tert-OH is 1. The molecular weight excluding hydrogens is 340 g/mol. The maximum Gasteiger partial charge on any atom is 0.0496 e. The van der Waals surface area contributed by atoms with Gasteiger partial charge in [0.1, 0.15) is 0 Å². The number of aliphatic hydroxyl groups is 1. The van der Waals surface area contributed by atoms with Gasteiger partial charge in [-0.25, -0.2) is 0 Å². The van der Waals surface area contributed by atoms with Gasteiger partial charge >= 0.3 is 0 Å². The first-order chi connectivity index (χ1) is 13.3. The molecule has 0 aromatic heterocycles. The minimum atomic E-state index is 0.371. The molecule has 8 unspecified atom stereocenters. The second-order valence-corrected chi connectivity index (χ2v) is 12.1. The van der Waals surface area contributed by atoms with Crippen LogP contribution < -0.4 is 0 Å². The predicted molar refractivity (Wildman–Crippen MR) is 119 cm³/mol. The van der Waals surface area contributed by atoms with Crippen molar-refractivity contribution in [3.05, 3.63) is 11.6 Å². The highest BCUT2D eigenvalue weighted by atomic mass is 16.3. The zero-order chi connectivity index (χ0) is 20.1. The lowest BCUT2D eigenvalue weighted by Crippen LogP contribution is -2.48. The number of fused-ring (bicyclic) bond motifs is 5. The van der Waals surface area contributed by atoms with Crippen molar-refractivity contribution in [2.45, 2.75) is 98.8 Å². The molecule has 4 aliphatic rings. The zero-order valence-electron chi connectivity index (χ0n) is 19.3. The molecule has 0 bridgehead atoms. The van der Waals surface area contributed by atoms with Crippen LogP contribution in [0, 0.1) is 52.3 Å². The molecule has 0 heterocycles. The molecule has 28 heavy (non-hydrogen) atoms. The number of rotatable bonds is 6. The molecule has 4 aliphatic carbocycles. The second-order valence-electron chi connectivity index (χ2n) is 12.1. The van der Waals surface area contributed by atoms with Crippen molar-refractivity contribution in [3.63, 3.8) is 0 Å². The Labute approximate surface area is 174 Å². The highest BCUT2D eigenvalue weighted by Gasteiger charge is 2.60. The third-order valence-corrected chi connectivity index (χ3v) is 10.4. The Morgan fingerprint density at radius 3 is 2.50 bits per heavy atom. The highest BCUT2D eigenvalue weighted by molar-refractivity contribution is 5.28. The average molecular weight is 387 g/mol. The molecule has 3 saturated carbocycles. The van der Waals surface area contributed by atoms with Crippen molar-refractivity contribution >= 4 is 0 Å². The van der Waals surface area contributed by atoms with Gasteiger partial charge in [0, 0.05) is 12.5 Å². The highest BCUT2D eigenvalue weighted by Crippen LogP contribution is 2.68. The second kappa shape index (κ2) is 7.75. The van der Waals surface area contributed by atoms with Gasteiger partial charge in [-0.3, -0.25) is 0 Å². The van der Waals surface area contributed by atoms with E-state index in [1.165, 1.54) is 64.2 Å². The molecule has 160 valence electrons. The molecule has 1 nitrogen and oxygen atoms in total. The molecule has 0 amide bonds. The van der Waals surface area contributed by atoms with E-state index in [-0.39, 0.29) is 0 Å². The fraction of sp³-hybridized carbons (Fsp3) is 0.926. The molecule has 1 N–H and O–H groups in total. The Bertz CT molecular complexity index is 591. The van der Waals surface area contributed by atoms with Crippen molar-refractivity contribution in [1.82, 2.24) is 0 Å². The normalized spacial score (nSPS) is 46.1. The molecule has 4 rings (SSSR count). The summed E-state index contributed by atoms with van der Waals surface area (Å²) >= 11 is 0. The van der Waals surface area contributed by atoms with Crippen molar-refractivity contribution in [2.24, 2.45) is 52.3 Å². The van der Waals surface area contributed by atoms with E-state index in [1.54, 1.807) is 5.57 Å². The van der Waals surface area contributed by atoms with Crippen LogP contribution in [-0.2, 0) is 0 Å². The van der Waals surface area contributed by atoms with Crippen LogP contribution in [0.4, 0.5) is 0 Å². The number of hydrogen-bond donors (Lipinski definition) is 1. The van der Waals surface area contributed by atoms with Crippen LogP contribution in [0.25, 0.3) is 0 Å². The van der Waals surface area contributed by atoms with Gasteiger partial charge in [-0.1, -0.05) is 65.5 Å². The summed E-state index contributed by atoms with van der Waals surface area (Å²) in [5.74, 6) is 5.93. The van der Waals surface area contributed by atoms with Gasteiger partial charge in [0.05, 0.1) is 0 Å². The molecular formula is C27H46O. The lowest BCUT2D eigenvalue weighted by molar-refractivity contribution is -0.0423. The van der Waals surface area contributed by atoms with E-state index in [0.29, 0.717) is 23.4 Å². The fourth-order valence-electron chi connectivity index (χ4n) is 8.92. The van der Waals surface area contributed by atoms with E-state index in [0.717, 1.165) is 35.5 Å². The van der Waals surface area contributed by atoms with E-state index in [1.807, 2.05) is 0 Å². The van der Waals surface area contributed by atoms with E-state index in [9.17, 15) is 5.11 Å². The molecule has 1 heteroatoms. The summed E-state index contributed by atoms with van der Waals surface area (Å²) in [5, 5.41) is 9.87. The molecule has 0 aromatic carbocycles. The van der Waals surface area contributed by atoms with Crippen LogP contribution in [0.15, 0.2) is 11.6 Å². The van der Waals surface area contributed by atoms with E-state index < -0.39 is 0 Å². The summed E-state index contributed by atoms with van der Waals surface area (Å²) in [6, 6.07) is 0. The van der Waals surface area contributed by atoms with Crippen molar-refractivity contribution in [1.29, 1.82) is 0 Å². The first kappa shape index (κ1) is 21.0. The topological polar surface area (TPSA) is 20.2 Å². The molecule has 0 aliphatic heterocycles. The maximum atomic E-state index is 9.87. The molecule has 8 atom stereocenters. The van der Waals surface area contributed by atoms with E-state index in [4.69, 9.17) is 0 Å². The number of hydrogen-bond acceptors (Lipinski definition) is 1. The third kappa shape index (κ3) is 3.23. The smallest absolute Gasteiger partial charge is 0.0496 e. The van der Waals surface area contributed by atoms with Gasteiger partial charge in [-0.2, -0.15) is 0 Å². The maximum absolute atomic E-state index is 9.87. The quantitative estimate of drug-likeness (QED) is 0.477. The van der Waals surface area contributed by atoms with E-state index in [2.05, 4.69) is 40.7 Å². The Hall–Kier alpha value is -0.300. The summed E-state index contributed by atoms with van der Waals surface area (Å²) in [7, 11) is 0. The summed E-state index contributed by atoms with van der Waals surface area (Å²) in [6.07, 6.45) is 16.6. The Kier molecular flexibility index (Phi) is 5.80. The van der Waals surface area contributed by atoms with Gasteiger partial charge in [0.25, 0.3) is 0 Å². The van der Waals surface area contributed by atoms with E-state index >= 15 is 0 Å². The minimum absolute atomic E-state index is 0.371. The van der Waals surface area contributed by atoms with Crippen LogP contribution in [0.1, 0.15) is 98.8 Å². The molecule has 0 saturated heterocycles. The van der Waals surface area contributed by atoms with Crippen LogP contribution in [0.5, 0.6) is 0 Å². The Morgan fingerprint density at radius 2 is 1.79 bits per heavy atom. The van der Waals surface area contributed by atoms with Gasteiger partial charge < -0.3 is 5.11 Å². The first-order valence-electron chi connectivity index (χ1n) is 12.6. The van der Waals surface area contributed by atoms with Crippen molar-refractivity contribution in [3.8, 4) is 0 Å². The SMILES string of the molecule is CC(C)CCCC(C)C1CCC2C3CC=C4C(CO)CCC4(C)C3CCC12C. The molecule has 3 fully saturated rings. The fourth-order valence-corrected chi connectivity index (χ4v) is 8.92. The van der Waals surface area contributed by atoms with Crippen LogP contribution >= 0.6 is 0 Å². The zero-order valence-corrected chi connectivity index (χ0v) is 19.3. The average Bonchev–Trinajstić information content (AvgIpc) is 3.17. The molecule has 0 spiro atoms. The first-order valence-corrected chi connectivity index (χ1v) is 12.6. The Balaban J connectivity index is 1.49. The number of allylic oxidation sites excluding steroid dienone is 1. The summed E-state index contributed by atoms with van der Waals surface area (Å²) in [6.45, 7) is 12.9. The van der Waals surface area contributed by atoms with Gasteiger partial charge in [0.15, 0.2) is 0 Å². The molecule has 0 aromatic rings. The lowest BCUT2D eigenvalue weighted by Gasteiger charge is -2.56.